The second kappa shape index (κ2) is 4.41. The highest BCUT2D eigenvalue weighted by Crippen LogP contribution is 2.24. The number of ether oxygens (including phenoxy) is 1. The molecule has 1 aromatic carbocycles. The fourth-order valence-corrected chi connectivity index (χ4v) is 1.02. The molecule has 0 spiro atoms. The molecule has 2 N–H and O–H groups in total. The summed E-state index contributed by atoms with van der Waals surface area (Å²) in [4.78, 5) is 0. The van der Waals surface area contributed by atoms with E-state index in [1.807, 2.05) is 0 Å². The Hall–Kier alpha value is -0.840. The van der Waals surface area contributed by atoms with E-state index in [0.29, 0.717) is 11.4 Å². The first kappa shape index (κ1) is 10.2. The Balaban J connectivity index is 2.63. The third-order valence-electron chi connectivity index (χ3n) is 1.34. The average Bonchev–Trinajstić information content (AvgIpc) is 2.07. The van der Waals surface area contributed by atoms with Crippen LogP contribution in [0.3, 0.4) is 0 Å². The minimum absolute atomic E-state index is 0.348. The van der Waals surface area contributed by atoms with Gasteiger partial charge in [0.15, 0.2) is 0 Å². The molecule has 0 saturated heterocycles. The zero-order valence-electron chi connectivity index (χ0n) is 6.64. The molecule has 0 aliphatic carbocycles. The van der Waals surface area contributed by atoms with Gasteiger partial charge in [-0.15, -0.1) is 0 Å². The summed E-state index contributed by atoms with van der Waals surface area (Å²) in [5.74, 6) is 0.348. The number of anilines is 1. The molecule has 0 atom stereocenters. The monoisotopic (exact) mass is 251 g/mol. The van der Waals surface area contributed by atoms with Crippen molar-refractivity contribution in [3.63, 3.8) is 0 Å². The molecule has 2 nitrogen and oxygen atoms in total. The standard InChI is InChI=1S/C8H8BrF2NO/c9-6-2-1-5(3-7(6)12)13-4-8(10)11/h1-3,8H,4,12H2. The molecule has 0 fully saturated rings. The van der Waals surface area contributed by atoms with Crippen LogP contribution in [0, 0.1) is 0 Å². The Bertz CT molecular complexity index is 293. The highest BCUT2D eigenvalue weighted by atomic mass is 79.9. The van der Waals surface area contributed by atoms with Gasteiger partial charge in [0.2, 0.25) is 0 Å². The summed E-state index contributed by atoms with van der Waals surface area (Å²) >= 11 is 3.18. The van der Waals surface area contributed by atoms with Crippen LogP contribution < -0.4 is 10.5 Å². The highest BCUT2D eigenvalue weighted by molar-refractivity contribution is 9.10. The van der Waals surface area contributed by atoms with Gasteiger partial charge < -0.3 is 10.5 Å². The maximum atomic E-state index is 11.7. The van der Waals surface area contributed by atoms with Crippen molar-refractivity contribution in [1.29, 1.82) is 0 Å². The number of nitrogens with two attached hydrogens (primary N) is 1. The molecule has 0 amide bonds. The summed E-state index contributed by atoms with van der Waals surface area (Å²) in [6.45, 7) is -0.610. The van der Waals surface area contributed by atoms with Gasteiger partial charge in [0, 0.05) is 16.2 Å². The fourth-order valence-electron chi connectivity index (χ4n) is 0.771. The number of alkyl halides is 2. The zero-order valence-corrected chi connectivity index (χ0v) is 8.22. The van der Waals surface area contributed by atoms with Crippen LogP contribution in [0.25, 0.3) is 0 Å². The Labute approximate surface area is 82.8 Å². The Morgan fingerprint density at radius 2 is 2.15 bits per heavy atom. The van der Waals surface area contributed by atoms with Gasteiger partial charge in [-0.2, -0.15) is 0 Å². The molecular formula is C8H8BrF2NO. The molecule has 1 aromatic rings. The van der Waals surface area contributed by atoms with Crippen molar-refractivity contribution in [3.8, 4) is 5.75 Å². The molecule has 0 bridgehead atoms. The lowest BCUT2D eigenvalue weighted by molar-refractivity contribution is 0.0819. The topological polar surface area (TPSA) is 35.2 Å². The SMILES string of the molecule is Nc1cc(OCC(F)F)ccc1Br. The predicted molar refractivity (Wildman–Crippen MR) is 50.1 cm³/mol. The molecule has 1 rings (SSSR count). The third kappa shape index (κ3) is 3.18. The maximum absolute atomic E-state index is 11.7. The normalized spacial score (nSPS) is 10.5. The van der Waals surface area contributed by atoms with Crippen molar-refractivity contribution >= 4 is 21.6 Å². The van der Waals surface area contributed by atoms with Crippen LogP contribution in [0.15, 0.2) is 22.7 Å². The molecule has 0 aromatic heterocycles. The number of hydrogen-bond donors (Lipinski definition) is 1. The first-order chi connectivity index (χ1) is 6.09. The van der Waals surface area contributed by atoms with E-state index in [1.54, 1.807) is 12.1 Å². The Morgan fingerprint density at radius 3 is 2.69 bits per heavy atom. The van der Waals surface area contributed by atoms with Crippen molar-refractivity contribution < 1.29 is 13.5 Å². The minimum Gasteiger partial charge on any atom is -0.488 e. The van der Waals surface area contributed by atoms with Crippen LogP contribution in [-0.2, 0) is 0 Å². The second-order valence-corrected chi connectivity index (χ2v) is 3.24. The van der Waals surface area contributed by atoms with Crippen molar-refractivity contribution in [1.82, 2.24) is 0 Å². The number of nitrogen functional groups attached to an aromatic ring is 1. The average molecular weight is 252 g/mol. The molecule has 0 saturated carbocycles. The van der Waals surface area contributed by atoms with E-state index in [4.69, 9.17) is 10.5 Å². The molecular weight excluding hydrogens is 244 g/mol. The molecule has 0 heterocycles. The summed E-state index contributed by atoms with van der Waals surface area (Å²) in [7, 11) is 0. The van der Waals surface area contributed by atoms with E-state index >= 15 is 0 Å². The summed E-state index contributed by atoms with van der Waals surface area (Å²) in [5.41, 5.74) is 5.98. The van der Waals surface area contributed by atoms with Gasteiger partial charge in [0.1, 0.15) is 12.4 Å². The van der Waals surface area contributed by atoms with Crippen molar-refractivity contribution in [2.75, 3.05) is 12.3 Å². The van der Waals surface area contributed by atoms with Crippen LogP contribution in [0.1, 0.15) is 0 Å². The quantitative estimate of drug-likeness (QED) is 0.839. The number of halogens is 3. The van der Waals surface area contributed by atoms with E-state index in [9.17, 15) is 8.78 Å². The van der Waals surface area contributed by atoms with Crippen molar-refractivity contribution in [2.24, 2.45) is 0 Å². The Morgan fingerprint density at radius 1 is 1.46 bits per heavy atom. The Kier molecular flexibility index (Phi) is 3.48. The fraction of sp³-hybridized carbons (Fsp3) is 0.250. The first-order valence-corrected chi connectivity index (χ1v) is 4.35. The van der Waals surface area contributed by atoms with Gasteiger partial charge in [-0.05, 0) is 28.1 Å². The van der Waals surface area contributed by atoms with E-state index in [2.05, 4.69) is 15.9 Å². The van der Waals surface area contributed by atoms with E-state index in [-0.39, 0.29) is 0 Å². The van der Waals surface area contributed by atoms with E-state index in [0.717, 1.165) is 4.47 Å². The summed E-state index contributed by atoms with van der Waals surface area (Å²) in [6, 6.07) is 4.71. The maximum Gasteiger partial charge on any atom is 0.272 e. The third-order valence-corrected chi connectivity index (χ3v) is 2.07. The van der Waals surface area contributed by atoms with E-state index < -0.39 is 13.0 Å². The number of benzene rings is 1. The summed E-state index contributed by atoms with van der Waals surface area (Å²) in [6.07, 6.45) is -2.47. The van der Waals surface area contributed by atoms with Crippen LogP contribution in [0.2, 0.25) is 0 Å². The molecule has 0 radical (unpaired) electrons. The lowest BCUT2D eigenvalue weighted by Crippen LogP contribution is -2.07. The van der Waals surface area contributed by atoms with Crippen molar-refractivity contribution in [3.05, 3.63) is 22.7 Å². The predicted octanol–water partition coefficient (Wildman–Crippen LogP) is 2.68. The molecule has 0 aliphatic rings. The molecule has 0 unspecified atom stereocenters. The smallest absolute Gasteiger partial charge is 0.272 e. The van der Waals surface area contributed by atoms with Crippen molar-refractivity contribution in [2.45, 2.75) is 6.43 Å². The van der Waals surface area contributed by atoms with Crippen LogP contribution in [0.5, 0.6) is 5.75 Å². The van der Waals surface area contributed by atoms with E-state index in [1.165, 1.54) is 6.07 Å². The largest absolute Gasteiger partial charge is 0.488 e. The summed E-state index contributed by atoms with van der Waals surface area (Å²) < 4.78 is 28.9. The van der Waals surface area contributed by atoms with Gasteiger partial charge >= 0.3 is 0 Å². The molecule has 0 aliphatic heterocycles. The lowest BCUT2D eigenvalue weighted by Gasteiger charge is -2.06. The molecule has 72 valence electrons. The van der Waals surface area contributed by atoms with Crippen LogP contribution >= 0.6 is 15.9 Å². The zero-order chi connectivity index (χ0) is 9.84. The van der Waals surface area contributed by atoms with Crippen LogP contribution in [0.4, 0.5) is 14.5 Å². The lowest BCUT2D eigenvalue weighted by atomic mass is 10.3. The first-order valence-electron chi connectivity index (χ1n) is 3.55. The van der Waals surface area contributed by atoms with Gasteiger partial charge in [-0.3, -0.25) is 0 Å². The van der Waals surface area contributed by atoms with Gasteiger partial charge in [0.05, 0.1) is 0 Å². The second-order valence-electron chi connectivity index (χ2n) is 2.39. The summed E-state index contributed by atoms with van der Waals surface area (Å²) in [5, 5.41) is 0. The van der Waals surface area contributed by atoms with Crippen LogP contribution in [-0.4, -0.2) is 13.0 Å². The number of hydrogen-bond acceptors (Lipinski definition) is 2. The molecule has 5 heteroatoms. The molecule has 13 heavy (non-hydrogen) atoms. The van der Waals surface area contributed by atoms with Gasteiger partial charge in [0.25, 0.3) is 6.43 Å². The minimum atomic E-state index is -2.47. The van der Waals surface area contributed by atoms with Gasteiger partial charge in [-0.1, -0.05) is 0 Å². The van der Waals surface area contributed by atoms with Gasteiger partial charge in [-0.25, -0.2) is 8.78 Å². The number of rotatable bonds is 3. The highest BCUT2D eigenvalue weighted by Gasteiger charge is 2.04.